The third kappa shape index (κ3) is 4.20. The van der Waals surface area contributed by atoms with Gasteiger partial charge in [-0.3, -0.25) is 0 Å². The van der Waals surface area contributed by atoms with Crippen molar-refractivity contribution in [3.8, 4) is 5.75 Å². The molecule has 0 N–H and O–H groups in total. The van der Waals surface area contributed by atoms with E-state index in [1.807, 2.05) is 18.2 Å². The quantitative estimate of drug-likeness (QED) is 0.482. The van der Waals surface area contributed by atoms with Crippen LogP contribution < -0.4 is 4.74 Å². The number of allylic oxidation sites excluding steroid dienone is 1. The Bertz CT molecular complexity index is 291. The van der Waals surface area contributed by atoms with Gasteiger partial charge in [-0.25, -0.2) is 0 Å². The Balaban J connectivity index is 2.33. The maximum Gasteiger partial charge on any atom is 0.122 e. The molecule has 1 heteroatoms. The second kappa shape index (κ2) is 7.10. The van der Waals surface area contributed by atoms with Crippen LogP contribution in [0.3, 0.4) is 0 Å². The SMILES string of the molecule is C=CCCCCCc1ccccc1OC. The number of benzene rings is 1. The first-order chi connectivity index (χ1) is 7.38. The van der Waals surface area contributed by atoms with E-state index in [1.165, 1.54) is 24.8 Å². The average molecular weight is 204 g/mol. The molecule has 1 rings (SSSR count). The van der Waals surface area contributed by atoms with E-state index in [9.17, 15) is 0 Å². The van der Waals surface area contributed by atoms with Crippen LogP contribution in [0, 0.1) is 0 Å². The minimum atomic E-state index is 1.02. The highest BCUT2D eigenvalue weighted by Crippen LogP contribution is 2.19. The van der Waals surface area contributed by atoms with Gasteiger partial charge >= 0.3 is 0 Å². The van der Waals surface area contributed by atoms with Gasteiger partial charge in [0.25, 0.3) is 0 Å². The molecule has 82 valence electrons. The third-order valence-corrected chi connectivity index (χ3v) is 2.55. The fourth-order valence-corrected chi connectivity index (χ4v) is 1.69. The topological polar surface area (TPSA) is 9.23 Å². The van der Waals surface area contributed by atoms with Gasteiger partial charge in [0, 0.05) is 0 Å². The number of hydrogen-bond acceptors (Lipinski definition) is 1. The van der Waals surface area contributed by atoms with Crippen LogP contribution >= 0.6 is 0 Å². The third-order valence-electron chi connectivity index (χ3n) is 2.55. The summed E-state index contributed by atoms with van der Waals surface area (Å²) in [5.74, 6) is 1.02. The molecule has 0 aliphatic rings. The summed E-state index contributed by atoms with van der Waals surface area (Å²) >= 11 is 0. The summed E-state index contributed by atoms with van der Waals surface area (Å²) in [6, 6.07) is 8.26. The number of hydrogen-bond donors (Lipinski definition) is 0. The van der Waals surface area contributed by atoms with Crippen LogP contribution in [-0.4, -0.2) is 7.11 Å². The molecule has 0 aliphatic heterocycles. The van der Waals surface area contributed by atoms with E-state index in [0.717, 1.165) is 18.6 Å². The Hall–Kier alpha value is -1.24. The molecule has 0 heterocycles. The zero-order valence-electron chi connectivity index (χ0n) is 9.54. The van der Waals surface area contributed by atoms with Gasteiger partial charge in [0.2, 0.25) is 0 Å². The first kappa shape index (κ1) is 11.8. The van der Waals surface area contributed by atoms with Crippen LogP contribution in [0.1, 0.15) is 31.2 Å². The van der Waals surface area contributed by atoms with E-state index < -0.39 is 0 Å². The molecule has 0 saturated heterocycles. The summed E-state index contributed by atoms with van der Waals surface area (Å²) in [4.78, 5) is 0. The highest BCUT2D eigenvalue weighted by molar-refractivity contribution is 5.33. The number of ether oxygens (including phenoxy) is 1. The molecular weight excluding hydrogens is 184 g/mol. The van der Waals surface area contributed by atoms with E-state index in [0.29, 0.717) is 0 Å². The Morgan fingerprint density at radius 2 is 2.00 bits per heavy atom. The van der Waals surface area contributed by atoms with Crippen LogP contribution in [0.5, 0.6) is 5.75 Å². The highest BCUT2D eigenvalue weighted by atomic mass is 16.5. The Morgan fingerprint density at radius 3 is 2.73 bits per heavy atom. The summed E-state index contributed by atoms with van der Waals surface area (Å²) in [7, 11) is 1.73. The molecule has 0 fully saturated rings. The summed E-state index contributed by atoms with van der Waals surface area (Å²) in [5.41, 5.74) is 1.32. The smallest absolute Gasteiger partial charge is 0.122 e. The van der Waals surface area contributed by atoms with Gasteiger partial charge in [-0.1, -0.05) is 30.7 Å². The lowest BCUT2D eigenvalue weighted by atomic mass is 10.1. The molecule has 0 aromatic heterocycles. The summed E-state index contributed by atoms with van der Waals surface area (Å²) in [5, 5.41) is 0. The maximum absolute atomic E-state index is 5.31. The van der Waals surface area contributed by atoms with Crippen LogP contribution in [0.4, 0.5) is 0 Å². The molecule has 0 bridgehead atoms. The molecule has 0 amide bonds. The molecule has 0 aliphatic carbocycles. The number of para-hydroxylation sites is 1. The fraction of sp³-hybridized carbons (Fsp3) is 0.429. The van der Waals surface area contributed by atoms with Crippen molar-refractivity contribution in [2.75, 3.05) is 7.11 Å². The first-order valence-corrected chi connectivity index (χ1v) is 5.61. The van der Waals surface area contributed by atoms with Crippen LogP contribution in [-0.2, 0) is 6.42 Å². The van der Waals surface area contributed by atoms with Crippen molar-refractivity contribution in [3.63, 3.8) is 0 Å². The van der Waals surface area contributed by atoms with E-state index in [-0.39, 0.29) is 0 Å². The van der Waals surface area contributed by atoms with Crippen molar-refractivity contribution in [3.05, 3.63) is 42.5 Å². The Kier molecular flexibility index (Phi) is 5.60. The minimum Gasteiger partial charge on any atom is -0.496 e. The molecule has 0 spiro atoms. The standard InChI is InChI=1S/C14H20O/c1-3-4-5-6-7-10-13-11-8-9-12-14(13)15-2/h3,8-9,11-12H,1,4-7,10H2,2H3. The van der Waals surface area contributed by atoms with Gasteiger partial charge in [-0.15, -0.1) is 6.58 Å². The predicted octanol–water partition coefficient (Wildman–Crippen LogP) is 3.98. The Morgan fingerprint density at radius 1 is 1.20 bits per heavy atom. The number of rotatable bonds is 7. The van der Waals surface area contributed by atoms with Crippen LogP contribution in [0.25, 0.3) is 0 Å². The lowest BCUT2D eigenvalue weighted by Gasteiger charge is -2.07. The normalized spacial score (nSPS) is 9.93. The van der Waals surface area contributed by atoms with Gasteiger partial charge in [0.15, 0.2) is 0 Å². The van der Waals surface area contributed by atoms with Crippen LogP contribution in [0.2, 0.25) is 0 Å². The van der Waals surface area contributed by atoms with Gasteiger partial charge in [-0.2, -0.15) is 0 Å². The predicted molar refractivity (Wildman–Crippen MR) is 65.4 cm³/mol. The van der Waals surface area contributed by atoms with Crippen molar-refractivity contribution in [2.45, 2.75) is 32.1 Å². The Labute approximate surface area is 92.8 Å². The van der Waals surface area contributed by atoms with Crippen molar-refractivity contribution in [2.24, 2.45) is 0 Å². The van der Waals surface area contributed by atoms with Crippen molar-refractivity contribution in [1.82, 2.24) is 0 Å². The molecule has 1 nitrogen and oxygen atoms in total. The summed E-state index contributed by atoms with van der Waals surface area (Å²) < 4.78 is 5.31. The molecule has 0 saturated carbocycles. The highest BCUT2D eigenvalue weighted by Gasteiger charge is 2.00. The first-order valence-electron chi connectivity index (χ1n) is 5.61. The lowest BCUT2D eigenvalue weighted by Crippen LogP contribution is -1.91. The summed E-state index contributed by atoms with van der Waals surface area (Å²) in [6.45, 7) is 3.72. The molecule has 0 unspecified atom stereocenters. The lowest BCUT2D eigenvalue weighted by molar-refractivity contribution is 0.409. The fourth-order valence-electron chi connectivity index (χ4n) is 1.69. The minimum absolute atomic E-state index is 1.02. The number of unbranched alkanes of at least 4 members (excludes halogenated alkanes) is 3. The second-order valence-electron chi connectivity index (χ2n) is 3.70. The van der Waals surface area contributed by atoms with Crippen LogP contribution in [0.15, 0.2) is 36.9 Å². The van der Waals surface area contributed by atoms with Crippen molar-refractivity contribution >= 4 is 0 Å². The zero-order valence-corrected chi connectivity index (χ0v) is 9.54. The largest absolute Gasteiger partial charge is 0.496 e. The summed E-state index contributed by atoms with van der Waals surface area (Å²) in [6.07, 6.45) is 7.98. The zero-order chi connectivity index (χ0) is 10.9. The van der Waals surface area contributed by atoms with Gasteiger partial charge in [0.1, 0.15) is 5.75 Å². The molecule has 1 aromatic rings. The van der Waals surface area contributed by atoms with E-state index in [2.05, 4.69) is 18.7 Å². The second-order valence-corrected chi connectivity index (χ2v) is 3.70. The molecular formula is C14H20O. The molecule has 0 atom stereocenters. The number of aryl methyl sites for hydroxylation is 1. The van der Waals surface area contributed by atoms with Gasteiger partial charge in [0.05, 0.1) is 7.11 Å². The maximum atomic E-state index is 5.31. The van der Waals surface area contributed by atoms with Gasteiger partial charge in [-0.05, 0) is 37.3 Å². The molecule has 1 aromatic carbocycles. The van der Waals surface area contributed by atoms with E-state index >= 15 is 0 Å². The average Bonchev–Trinajstić information content (AvgIpc) is 2.29. The monoisotopic (exact) mass is 204 g/mol. The molecule has 15 heavy (non-hydrogen) atoms. The van der Waals surface area contributed by atoms with E-state index in [4.69, 9.17) is 4.74 Å². The number of methoxy groups -OCH3 is 1. The van der Waals surface area contributed by atoms with Crippen molar-refractivity contribution in [1.29, 1.82) is 0 Å². The van der Waals surface area contributed by atoms with Crippen molar-refractivity contribution < 1.29 is 4.74 Å². The molecule has 0 radical (unpaired) electrons. The van der Waals surface area contributed by atoms with Gasteiger partial charge < -0.3 is 4.74 Å². The van der Waals surface area contributed by atoms with E-state index in [1.54, 1.807) is 7.11 Å².